The van der Waals surface area contributed by atoms with Crippen LogP contribution in [-0.4, -0.2) is 26.0 Å². The summed E-state index contributed by atoms with van der Waals surface area (Å²) in [6.45, 7) is 3.75. The van der Waals surface area contributed by atoms with E-state index in [1.54, 1.807) is 18.2 Å². The lowest BCUT2D eigenvalue weighted by molar-refractivity contribution is -0.124. The van der Waals surface area contributed by atoms with Crippen LogP contribution in [0, 0.1) is 0 Å². The maximum Gasteiger partial charge on any atom is 0.257 e. The summed E-state index contributed by atoms with van der Waals surface area (Å²) < 4.78 is 10.9. The van der Waals surface area contributed by atoms with Gasteiger partial charge in [-0.05, 0) is 37.1 Å². The number of hydrogen-bond acceptors (Lipinski definition) is 4. The van der Waals surface area contributed by atoms with Crippen LogP contribution in [0.2, 0.25) is 0 Å². The van der Waals surface area contributed by atoms with Crippen molar-refractivity contribution in [3.8, 4) is 11.5 Å². The molecular formula is C28H30N2O4. The van der Waals surface area contributed by atoms with Gasteiger partial charge in [-0.25, -0.2) is 0 Å². The molecule has 2 unspecified atom stereocenters. The van der Waals surface area contributed by atoms with Crippen LogP contribution in [0.25, 0.3) is 6.08 Å². The number of amides is 2. The van der Waals surface area contributed by atoms with Crippen molar-refractivity contribution in [2.45, 2.75) is 25.9 Å². The van der Waals surface area contributed by atoms with Gasteiger partial charge in [0.2, 0.25) is 0 Å². The van der Waals surface area contributed by atoms with Crippen LogP contribution in [0.5, 0.6) is 11.5 Å². The van der Waals surface area contributed by atoms with E-state index in [1.807, 2.05) is 74.5 Å². The molecule has 34 heavy (non-hydrogen) atoms. The maximum absolute atomic E-state index is 13.3. The zero-order valence-electron chi connectivity index (χ0n) is 19.9. The molecule has 0 heterocycles. The molecule has 6 heteroatoms. The highest BCUT2D eigenvalue weighted by atomic mass is 16.5. The number of carbonyl (C=O) groups is 2. The van der Waals surface area contributed by atoms with Gasteiger partial charge in [-0.1, -0.05) is 72.8 Å². The number of benzene rings is 3. The van der Waals surface area contributed by atoms with Gasteiger partial charge in [-0.2, -0.15) is 0 Å². The number of methoxy groups -OCH3 is 2. The average molecular weight is 459 g/mol. The highest BCUT2D eigenvalue weighted by molar-refractivity contribution is 6.22. The van der Waals surface area contributed by atoms with Crippen LogP contribution >= 0.6 is 0 Å². The van der Waals surface area contributed by atoms with Gasteiger partial charge in [0, 0.05) is 5.56 Å². The Kier molecular flexibility index (Phi) is 8.46. The number of hydrogen-bond donors (Lipinski definition) is 2. The topological polar surface area (TPSA) is 76.7 Å². The lowest BCUT2D eigenvalue weighted by Gasteiger charge is -2.19. The molecular weight excluding hydrogens is 428 g/mol. The fourth-order valence-electron chi connectivity index (χ4n) is 3.61. The SMILES string of the molecule is COc1cccc(C=C(C(=O)NC(C)c2ccccc2)C(=O)NC(C)c2ccccc2)c1OC. The van der Waals surface area contributed by atoms with E-state index in [-0.39, 0.29) is 17.7 Å². The molecule has 176 valence electrons. The van der Waals surface area contributed by atoms with Crippen molar-refractivity contribution in [3.05, 3.63) is 101 Å². The minimum atomic E-state index is -0.487. The Hall–Kier alpha value is -4.06. The number of carbonyl (C=O) groups excluding carboxylic acids is 2. The van der Waals surface area contributed by atoms with Gasteiger partial charge in [-0.3, -0.25) is 9.59 Å². The highest BCUT2D eigenvalue weighted by Gasteiger charge is 2.23. The van der Waals surface area contributed by atoms with Gasteiger partial charge >= 0.3 is 0 Å². The lowest BCUT2D eigenvalue weighted by atomic mass is 10.0. The molecule has 0 radical (unpaired) electrons. The van der Waals surface area contributed by atoms with Crippen LogP contribution in [0.1, 0.15) is 42.6 Å². The second-order valence-electron chi connectivity index (χ2n) is 7.85. The van der Waals surface area contributed by atoms with E-state index in [1.165, 1.54) is 20.3 Å². The molecule has 2 N–H and O–H groups in total. The van der Waals surface area contributed by atoms with Crippen molar-refractivity contribution >= 4 is 17.9 Å². The first-order valence-electron chi connectivity index (χ1n) is 11.1. The van der Waals surface area contributed by atoms with Gasteiger partial charge in [-0.15, -0.1) is 0 Å². The number of para-hydroxylation sites is 1. The van der Waals surface area contributed by atoms with Crippen molar-refractivity contribution in [2.24, 2.45) is 0 Å². The second-order valence-corrected chi connectivity index (χ2v) is 7.85. The van der Waals surface area contributed by atoms with Crippen molar-refractivity contribution < 1.29 is 19.1 Å². The summed E-state index contributed by atoms with van der Waals surface area (Å²) in [6.07, 6.45) is 1.53. The molecule has 3 aromatic rings. The van der Waals surface area contributed by atoms with E-state index in [2.05, 4.69) is 10.6 Å². The van der Waals surface area contributed by atoms with E-state index < -0.39 is 11.8 Å². The Bertz CT molecular complexity index is 1080. The van der Waals surface area contributed by atoms with Crippen LogP contribution in [-0.2, 0) is 9.59 Å². The van der Waals surface area contributed by atoms with Crippen LogP contribution in [0.15, 0.2) is 84.4 Å². The minimum Gasteiger partial charge on any atom is -0.493 e. The van der Waals surface area contributed by atoms with E-state index in [0.717, 1.165) is 11.1 Å². The van der Waals surface area contributed by atoms with E-state index in [9.17, 15) is 9.59 Å². The van der Waals surface area contributed by atoms with E-state index in [4.69, 9.17) is 9.47 Å². The molecule has 0 aliphatic heterocycles. The second kappa shape index (κ2) is 11.7. The van der Waals surface area contributed by atoms with Gasteiger partial charge in [0.25, 0.3) is 11.8 Å². The maximum atomic E-state index is 13.3. The highest BCUT2D eigenvalue weighted by Crippen LogP contribution is 2.32. The molecule has 0 bridgehead atoms. The van der Waals surface area contributed by atoms with Crippen LogP contribution in [0.3, 0.4) is 0 Å². The Morgan fingerprint density at radius 2 is 1.21 bits per heavy atom. The molecule has 0 spiro atoms. The first-order valence-corrected chi connectivity index (χ1v) is 11.1. The summed E-state index contributed by atoms with van der Waals surface area (Å²) in [6, 6.07) is 23.9. The van der Waals surface area contributed by atoms with Crippen molar-refractivity contribution in [3.63, 3.8) is 0 Å². The van der Waals surface area contributed by atoms with Crippen molar-refractivity contribution in [1.29, 1.82) is 0 Å². The van der Waals surface area contributed by atoms with Crippen molar-refractivity contribution in [1.82, 2.24) is 10.6 Å². The zero-order chi connectivity index (χ0) is 24.5. The van der Waals surface area contributed by atoms with E-state index >= 15 is 0 Å². The van der Waals surface area contributed by atoms with Gasteiger partial charge in [0.05, 0.1) is 26.3 Å². The summed E-state index contributed by atoms with van der Waals surface area (Å²) in [5, 5.41) is 5.87. The number of ether oxygens (including phenoxy) is 2. The summed E-state index contributed by atoms with van der Waals surface area (Å²) >= 11 is 0. The van der Waals surface area contributed by atoms with Gasteiger partial charge in [0.15, 0.2) is 11.5 Å². The molecule has 0 saturated carbocycles. The largest absolute Gasteiger partial charge is 0.493 e. The predicted molar refractivity (Wildman–Crippen MR) is 134 cm³/mol. The molecule has 0 aliphatic rings. The molecule has 6 nitrogen and oxygen atoms in total. The fourth-order valence-corrected chi connectivity index (χ4v) is 3.61. The first kappa shape index (κ1) is 24.6. The van der Waals surface area contributed by atoms with Crippen molar-refractivity contribution in [2.75, 3.05) is 14.2 Å². The molecule has 0 fully saturated rings. The monoisotopic (exact) mass is 458 g/mol. The lowest BCUT2D eigenvalue weighted by Crippen LogP contribution is -2.36. The van der Waals surface area contributed by atoms with E-state index in [0.29, 0.717) is 17.1 Å². The third-order valence-corrected chi connectivity index (χ3v) is 5.52. The molecule has 3 aromatic carbocycles. The zero-order valence-corrected chi connectivity index (χ0v) is 19.9. The summed E-state index contributed by atoms with van der Waals surface area (Å²) in [4.78, 5) is 26.7. The molecule has 2 atom stereocenters. The first-order chi connectivity index (χ1) is 16.4. The standard InChI is InChI=1S/C28H30N2O4/c1-19(21-12-7-5-8-13-21)29-27(31)24(18-23-16-11-17-25(33-3)26(23)34-4)28(32)30-20(2)22-14-9-6-10-15-22/h5-20H,1-4H3,(H,29,31)(H,30,32). The fraction of sp³-hybridized carbons (Fsp3) is 0.214. The third kappa shape index (κ3) is 6.04. The Balaban J connectivity index is 1.95. The van der Waals surface area contributed by atoms with Gasteiger partial charge < -0.3 is 20.1 Å². The molecule has 0 aromatic heterocycles. The average Bonchev–Trinajstić information content (AvgIpc) is 2.87. The van der Waals surface area contributed by atoms with Gasteiger partial charge in [0.1, 0.15) is 5.57 Å². The Labute approximate surface area is 200 Å². The van der Waals surface area contributed by atoms with Crippen LogP contribution < -0.4 is 20.1 Å². The molecule has 0 saturated heterocycles. The summed E-state index contributed by atoms with van der Waals surface area (Å²) in [5.41, 5.74) is 2.40. The summed E-state index contributed by atoms with van der Waals surface area (Å²) in [5.74, 6) is -0.0278. The van der Waals surface area contributed by atoms with Crippen LogP contribution in [0.4, 0.5) is 0 Å². The molecule has 2 amide bonds. The Morgan fingerprint density at radius 3 is 1.65 bits per heavy atom. The smallest absolute Gasteiger partial charge is 0.257 e. The third-order valence-electron chi connectivity index (χ3n) is 5.52. The normalized spacial score (nSPS) is 12.1. The predicted octanol–water partition coefficient (Wildman–Crippen LogP) is 4.84. The minimum absolute atomic E-state index is 0.0304. The number of rotatable bonds is 9. The summed E-state index contributed by atoms with van der Waals surface area (Å²) in [7, 11) is 3.05. The Morgan fingerprint density at radius 1 is 0.706 bits per heavy atom. The quantitative estimate of drug-likeness (QED) is 0.273. The molecule has 0 aliphatic carbocycles. The number of nitrogens with one attached hydrogen (secondary N) is 2. The molecule has 3 rings (SSSR count).